The van der Waals surface area contributed by atoms with Crippen LogP contribution in [0.3, 0.4) is 0 Å². The lowest BCUT2D eigenvalue weighted by Gasteiger charge is -2.16. The molecule has 23 heavy (non-hydrogen) atoms. The van der Waals surface area contributed by atoms with Crippen molar-refractivity contribution in [2.24, 2.45) is 5.92 Å². The fourth-order valence-electron chi connectivity index (χ4n) is 2.90. The molecule has 2 N–H and O–H groups in total. The summed E-state index contributed by atoms with van der Waals surface area (Å²) in [6.45, 7) is 5.48. The summed E-state index contributed by atoms with van der Waals surface area (Å²) < 4.78 is 13.9. The smallest absolute Gasteiger partial charge is 0.303 e. The molecule has 0 saturated carbocycles. The molecule has 1 aliphatic carbocycles. The monoisotopic (exact) mass is 317 g/mol. The fraction of sp³-hybridized carbons (Fsp3) is 0.333. The maximum absolute atomic E-state index is 13.9. The first-order valence-corrected chi connectivity index (χ1v) is 7.54. The number of aliphatic carboxylic acids is 1. The number of hydrogen-bond donors (Lipinski definition) is 2. The quantitative estimate of drug-likeness (QED) is 0.591. The summed E-state index contributed by atoms with van der Waals surface area (Å²) in [6, 6.07) is 2.62. The fourth-order valence-corrected chi connectivity index (χ4v) is 2.90. The van der Waals surface area contributed by atoms with Gasteiger partial charge in [0.2, 0.25) is 0 Å². The zero-order chi connectivity index (χ0) is 17.0. The zero-order valence-electron chi connectivity index (χ0n) is 13.1. The Morgan fingerprint density at radius 2 is 2.22 bits per heavy atom. The highest BCUT2D eigenvalue weighted by molar-refractivity contribution is 6.02. The van der Waals surface area contributed by atoms with E-state index >= 15 is 0 Å². The van der Waals surface area contributed by atoms with Crippen LogP contribution in [0.4, 0.5) is 10.1 Å². The summed E-state index contributed by atoms with van der Waals surface area (Å²) in [5, 5.41) is 12.0. The maximum atomic E-state index is 13.9. The van der Waals surface area contributed by atoms with Crippen molar-refractivity contribution in [1.82, 2.24) is 0 Å². The molecule has 0 fully saturated rings. The van der Waals surface area contributed by atoms with Gasteiger partial charge < -0.3 is 10.4 Å². The molecule has 0 radical (unpaired) electrons. The van der Waals surface area contributed by atoms with Crippen LogP contribution in [0.1, 0.15) is 42.1 Å². The molecular formula is C18H20FNO3. The van der Waals surface area contributed by atoms with E-state index in [2.05, 4.69) is 11.9 Å². The zero-order valence-corrected chi connectivity index (χ0v) is 13.1. The second-order valence-electron chi connectivity index (χ2n) is 5.69. The van der Waals surface area contributed by atoms with Gasteiger partial charge in [0.25, 0.3) is 0 Å². The molecule has 1 aromatic carbocycles. The molecule has 0 bridgehead atoms. The highest BCUT2D eigenvalue weighted by atomic mass is 19.1. The van der Waals surface area contributed by atoms with Crippen molar-refractivity contribution in [1.29, 1.82) is 0 Å². The van der Waals surface area contributed by atoms with Crippen LogP contribution >= 0.6 is 0 Å². The van der Waals surface area contributed by atoms with E-state index in [0.29, 0.717) is 36.2 Å². The van der Waals surface area contributed by atoms with E-state index in [1.54, 1.807) is 6.08 Å². The van der Waals surface area contributed by atoms with Gasteiger partial charge in [0.1, 0.15) is 5.82 Å². The standard InChI is InChI=1S/C18H20FNO3/c1-3-6-20-18-15(11(2)21)9-14(19)10-16(18)13-5-4-12(7-13)8-17(22)23/h3,7,9-10,12,20H,1,4-6,8H2,2H3,(H,22,23)/t12-/m0/s1. The molecule has 0 saturated heterocycles. The molecule has 1 aromatic rings. The normalized spacial score (nSPS) is 16.8. The van der Waals surface area contributed by atoms with Crippen LogP contribution in [0.5, 0.6) is 0 Å². The van der Waals surface area contributed by atoms with Crippen molar-refractivity contribution >= 4 is 23.0 Å². The van der Waals surface area contributed by atoms with E-state index in [4.69, 9.17) is 5.11 Å². The molecule has 1 aliphatic rings. The predicted molar refractivity (Wildman–Crippen MR) is 88.0 cm³/mol. The summed E-state index contributed by atoms with van der Waals surface area (Å²) in [4.78, 5) is 22.7. The van der Waals surface area contributed by atoms with Crippen LogP contribution in [-0.4, -0.2) is 23.4 Å². The Bertz CT molecular complexity index is 679. The lowest BCUT2D eigenvalue weighted by atomic mass is 9.97. The lowest BCUT2D eigenvalue weighted by Crippen LogP contribution is -2.08. The second-order valence-corrected chi connectivity index (χ2v) is 5.69. The number of carboxylic acid groups (broad SMARTS) is 1. The summed E-state index contributed by atoms with van der Waals surface area (Å²) >= 11 is 0. The van der Waals surface area contributed by atoms with Crippen LogP contribution in [0.25, 0.3) is 5.57 Å². The number of hydrogen-bond acceptors (Lipinski definition) is 3. The molecule has 1 atom stereocenters. The van der Waals surface area contributed by atoms with Crippen LogP contribution in [0.2, 0.25) is 0 Å². The molecule has 2 rings (SSSR count). The highest BCUT2D eigenvalue weighted by Crippen LogP contribution is 2.38. The number of Topliss-reactive ketones (excluding diaryl/α,β-unsaturated/α-hetero) is 1. The third kappa shape index (κ3) is 4.06. The number of carboxylic acids is 1. The molecule has 0 aliphatic heterocycles. The van der Waals surface area contributed by atoms with Crippen molar-refractivity contribution in [3.8, 4) is 0 Å². The van der Waals surface area contributed by atoms with E-state index in [-0.39, 0.29) is 18.1 Å². The van der Waals surface area contributed by atoms with Crippen molar-refractivity contribution in [3.05, 3.63) is 47.8 Å². The third-order valence-corrected chi connectivity index (χ3v) is 3.91. The van der Waals surface area contributed by atoms with Gasteiger partial charge in [-0.25, -0.2) is 4.39 Å². The van der Waals surface area contributed by atoms with Gasteiger partial charge in [-0.05, 0) is 43.4 Å². The number of carbonyl (C=O) groups excluding carboxylic acids is 1. The molecule has 0 unspecified atom stereocenters. The lowest BCUT2D eigenvalue weighted by molar-refractivity contribution is -0.137. The van der Waals surface area contributed by atoms with Crippen molar-refractivity contribution in [2.45, 2.75) is 26.2 Å². The molecule has 122 valence electrons. The van der Waals surface area contributed by atoms with E-state index in [9.17, 15) is 14.0 Å². The second kappa shape index (κ2) is 7.22. The molecule has 0 amide bonds. The number of allylic oxidation sites excluding steroid dienone is 2. The molecule has 0 heterocycles. The third-order valence-electron chi connectivity index (χ3n) is 3.91. The Morgan fingerprint density at radius 3 is 2.83 bits per heavy atom. The average molecular weight is 317 g/mol. The maximum Gasteiger partial charge on any atom is 0.303 e. The molecule has 0 spiro atoms. The van der Waals surface area contributed by atoms with E-state index in [1.807, 2.05) is 6.08 Å². The Balaban J connectivity index is 2.46. The van der Waals surface area contributed by atoms with Crippen LogP contribution in [-0.2, 0) is 4.79 Å². The first-order chi connectivity index (χ1) is 10.9. The Kier molecular flexibility index (Phi) is 5.32. The summed E-state index contributed by atoms with van der Waals surface area (Å²) in [5.74, 6) is -1.60. The average Bonchev–Trinajstić information content (AvgIpc) is 2.92. The highest BCUT2D eigenvalue weighted by Gasteiger charge is 2.23. The minimum atomic E-state index is -0.846. The first-order valence-electron chi connectivity index (χ1n) is 7.54. The SMILES string of the molecule is C=CCNc1c(C(C)=O)cc(F)cc1C1=C[C@@H](CC(=O)O)CC1. The van der Waals surface area contributed by atoms with Crippen LogP contribution in [0.15, 0.2) is 30.9 Å². The van der Waals surface area contributed by atoms with Crippen molar-refractivity contribution in [3.63, 3.8) is 0 Å². The largest absolute Gasteiger partial charge is 0.481 e. The van der Waals surface area contributed by atoms with E-state index in [1.165, 1.54) is 19.1 Å². The summed E-state index contributed by atoms with van der Waals surface area (Å²) in [5.41, 5.74) is 2.39. The van der Waals surface area contributed by atoms with E-state index < -0.39 is 11.8 Å². The van der Waals surface area contributed by atoms with Gasteiger partial charge in [0.15, 0.2) is 5.78 Å². The Hall–Kier alpha value is -2.43. The number of nitrogens with one attached hydrogen (secondary N) is 1. The van der Waals surface area contributed by atoms with Crippen LogP contribution < -0.4 is 5.32 Å². The van der Waals surface area contributed by atoms with Gasteiger partial charge >= 0.3 is 5.97 Å². The van der Waals surface area contributed by atoms with Crippen molar-refractivity contribution in [2.75, 3.05) is 11.9 Å². The number of halogens is 1. The van der Waals surface area contributed by atoms with Gasteiger partial charge in [-0.2, -0.15) is 0 Å². The molecule has 5 heteroatoms. The Labute approximate surface area is 134 Å². The van der Waals surface area contributed by atoms with Gasteiger partial charge in [-0.3, -0.25) is 9.59 Å². The number of carbonyl (C=O) groups is 2. The van der Waals surface area contributed by atoms with Gasteiger partial charge in [-0.15, -0.1) is 6.58 Å². The minimum absolute atomic E-state index is 0.0567. The summed E-state index contributed by atoms with van der Waals surface area (Å²) in [7, 11) is 0. The number of anilines is 1. The minimum Gasteiger partial charge on any atom is -0.481 e. The Morgan fingerprint density at radius 1 is 1.48 bits per heavy atom. The van der Waals surface area contributed by atoms with Gasteiger partial charge in [-0.1, -0.05) is 12.2 Å². The van der Waals surface area contributed by atoms with Gasteiger partial charge in [0, 0.05) is 17.7 Å². The number of rotatable bonds is 7. The van der Waals surface area contributed by atoms with Crippen molar-refractivity contribution < 1.29 is 19.1 Å². The van der Waals surface area contributed by atoms with E-state index in [0.717, 1.165) is 5.57 Å². The molecule has 0 aromatic heterocycles. The first kappa shape index (κ1) is 16.9. The molecule has 4 nitrogen and oxygen atoms in total. The topological polar surface area (TPSA) is 66.4 Å². The summed E-state index contributed by atoms with van der Waals surface area (Å²) in [6.07, 6.45) is 4.99. The van der Waals surface area contributed by atoms with Gasteiger partial charge in [0.05, 0.1) is 12.1 Å². The predicted octanol–water partition coefficient (Wildman–Crippen LogP) is 3.89. The molecular weight excluding hydrogens is 297 g/mol. The van der Waals surface area contributed by atoms with Crippen LogP contribution in [0, 0.1) is 11.7 Å². The number of benzene rings is 1. The number of ketones is 1.